The zero-order chi connectivity index (χ0) is 12.7. The van der Waals surface area contributed by atoms with Gasteiger partial charge in [-0.1, -0.05) is 18.2 Å². The molecule has 1 amide bonds. The molecular formula is C11H13NO5. The van der Waals surface area contributed by atoms with Gasteiger partial charge in [0.1, 0.15) is 11.8 Å². The second-order valence-corrected chi connectivity index (χ2v) is 3.25. The molecule has 0 aliphatic rings. The number of aliphatic carboxylic acids is 1. The third-order valence-electron chi connectivity index (χ3n) is 1.96. The largest absolute Gasteiger partial charge is 0.480 e. The molecule has 0 radical (unpaired) electrons. The van der Waals surface area contributed by atoms with E-state index in [1.165, 1.54) is 0 Å². The summed E-state index contributed by atoms with van der Waals surface area (Å²) in [6.07, 6.45) is -0.934. The Bertz CT molecular complexity index is 379. The summed E-state index contributed by atoms with van der Waals surface area (Å²) < 4.78 is 4.85. The van der Waals surface area contributed by atoms with Crippen molar-refractivity contribution in [2.45, 2.75) is 12.5 Å². The van der Waals surface area contributed by atoms with E-state index >= 15 is 0 Å². The zero-order valence-corrected chi connectivity index (χ0v) is 9.00. The van der Waals surface area contributed by atoms with Gasteiger partial charge in [0.2, 0.25) is 0 Å². The Balaban J connectivity index is 2.51. The summed E-state index contributed by atoms with van der Waals surface area (Å²) >= 11 is 0. The monoisotopic (exact) mass is 239 g/mol. The van der Waals surface area contributed by atoms with E-state index in [0.29, 0.717) is 5.75 Å². The van der Waals surface area contributed by atoms with Gasteiger partial charge in [-0.25, -0.2) is 9.59 Å². The molecule has 0 spiro atoms. The van der Waals surface area contributed by atoms with Crippen molar-refractivity contribution in [2.24, 2.45) is 0 Å². The molecule has 3 N–H and O–H groups in total. The minimum Gasteiger partial charge on any atom is -0.480 e. The second kappa shape index (κ2) is 6.49. The van der Waals surface area contributed by atoms with Gasteiger partial charge in [-0.15, -0.1) is 0 Å². The van der Waals surface area contributed by atoms with Gasteiger partial charge in [0, 0.05) is 13.0 Å². The van der Waals surface area contributed by atoms with Gasteiger partial charge < -0.3 is 20.3 Å². The summed E-state index contributed by atoms with van der Waals surface area (Å²) in [5, 5.41) is 19.5. The molecule has 0 saturated heterocycles. The predicted molar refractivity (Wildman–Crippen MR) is 58.7 cm³/mol. The van der Waals surface area contributed by atoms with Gasteiger partial charge >= 0.3 is 12.1 Å². The maximum absolute atomic E-state index is 11.3. The first-order valence-corrected chi connectivity index (χ1v) is 5.00. The molecule has 92 valence electrons. The van der Waals surface area contributed by atoms with Gasteiger partial charge in [0.15, 0.2) is 0 Å². The van der Waals surface area contributed by atoms with Gasteiger partial charge in [-0.05, 0) is 12.1 Å². The van der Waals surface area contributed by atoms with Crippen molar-refractivity contribution in [1.82, 2.24) is 5.32 Å². The molecule has 0 aliphatic carbocycles. The number of carboxylic acid groups (broad SMARTS) is 1. The van der Waals surface area contributed by atoms with Crippen molar-refractivity contribution in [3.63, 3.8) is 0 Å². The fourth-order valence-electron chi connectivity index (χ4n) is 1.15. The van der Waals surface area contributed by atoms with Crippen molar-refractivity contribution in [3.8, 4) is 5.75 Å². The van der Waals surface area contributed by atoms with E-state index in [-0.39, 0.29) is 13.0 Å². The molecule has 1 aromatic rings. The molecule has 1 atom stereocenters. The van der Waals surface area contributed by atoms with E-state index < -0.39 is 18.1 Å². The van der Waals surface area contributed by atoms with Crippen LogP contribution < -0.4 is 10.1 Å². The lowest BCUT2D eigenvalue weighted by atomic mass is 10.2. The molecule has 0 saturated carbocycles. The number of aliphatic hydroxyl groups is 1. The highest BCUT2D eigenvalue weighted by Crippen LogP contribution is 2.08. The van der Waals surface area contributed by atoms with Crippen molar-refractivity contribution < 1.29 is 24.5 Å². The Labute approximate surface area is 97.8 Å². The summed E-state index contributed by atoms with van der Waals surface area (Å²) in [7, 11) is 0. The van der Waals surface area contributed by atoms with Gasteiger partial charge in [-0.2, -0.15) is 0 Å². The van der Waals surface area contributed by atoms with E-state index in [9.17, 15) is 9.59 Å². The number of rotatable bonds is 5. The minimum atomic E-state index is -1.22. The Morgan fingerprint density at radius 2 is 1.94 bits per heavy atom. The number of nitrogens with one attached hydrogen (secondary N) is 1. The quantitative estimate of drug-likeness (QED) is 0.699. The molecule has 1 aromatic carbocycles. The molecule has 0 aromatic heterocycles. The summed E-state index contributed by atoms with van der Waals surface area (Å²) in [5.41, 5.74) is 0. The number of hydrogen-bond acceptors (Lipinski definition) is 4. The maximum Gasteiger partial charge on any atom is 0.413 e. The lowest BCUT2D eigenvalue weighted by Crippen LogP contribution is -2.42. The van der Waals surface area contributed by atoms with Crippen LogP contribution in [0.25, 0.3) is 0 Å². The SMILES string of the molecule is O=C(N[C@H](CCO)C(=O)O)Oc1ccccc1. The highest BCUT2D eigenvalue weighted by molar-refractivity contribution is 5.80. The molecule has 0 heterocycles. The van der Waals surface area contributed by atoms with Gasteiger partial charge in [0.05, 0.1) is 0 Å². The predicted octanol–water partition coefficient (Wildman–Crippen LogP) is 0.611. The number of carbonyl (C=O) groups is 2. The Hall–Kier alpha value is -2.08. The Morgan fingerprint density at radius 3 is 2.47 bits per heavy atom. The van der Waals surface area contributed by atoms with E-state index in [0.717, 1.165) is 0 Å². The van der Waals surface area contributed by atoms with E-state index in [4.69, 9.17) is 14.9 Å². The molecule has 17 heavy (non-hydrogen) atoms. The summed E-state index contributed by atoms with van der Waals surface area (Å²) in [6, 6.07) is 7.12. The van der Waals surface area contributed by atoms with Crippen LogP contribution in [0.5, 0.6) is 5.75 Å². The van der Waals surface area contributed by atoms with E-state index in [1.807, 2.05) is 0 Å². The smallest absolute Gasteiger partial charge is 0.413 e. The standard InChI is InChI=1S/C11H13NO5/c13-7-6-9(10(14)15)12-11(16)17-8-4-2-1-3-5-8/h1-5,9,13H,6-7H2,(H,12,16)(H,14,15)/t9-/m1/s1. The number of para-hydroxylation sites is 1. The van der Waals surface area contributed by atoms with Crippen LogP contribution in [0.4, 0.5) is 4.79 Å². The van der Waals surface area contributed by atoms with E-state index in [2.05, 4.69) is 5.32 Å². The second-order valence-electron chi connectivity index (χ2n) is 3.25. The number of hydrogen-bond donors (Lipinski definition) is 3. The summed E-state index contributed by atoms with van der Waals surface area (Å²) in [5.74, 6) is -0.901. The van der Waals surface area contributed by atoms with Crippen LogP contribution in [0.15, 0.2) is 30.3 Å². The molecule has 1 rings (SSSR count). The number of carboxylic acids is 1. The fourth-order valence-corrected chi connectivity index (χ4v) is 1.15. The van der Waals surface area contributed by atoms with Crippen LogP contribution in [0.3, 0.4) is 0 Å². The van der Waals surface area contributed by atoms with Crippen molar-refractivity contribution in [1.29, 1.82) is 0 Å². The van der Waals surface area contributed by atoms with Gasteiger partial charge in [-0.3, -0.25) is 0 Å². The molecule has 0 aliphatic heterocycles. The summed E-state index contributed by atoms with van der Waals surface area (Å²) in [4.78, 5) is 22.0. The zero-order valence-electron chi connectivity index (χ0n) is 9.00. The third-order valence-corrected chi connectivity index (χ3v) is 1.96. The minimum absolute atomic E-state index is 0.0702. The first-order chi connectivity index (χ1) is 8.13. The van der Waals surface area contributed by atoms with Crippen molar-refractivity contribution in [3.05, 3.63) is 30.3 Å². The lowest BCUT2D eigenvalue weighted by Gasteiger charge is -2.12. The molecule has 6 heteroatoms. The average Bonchev–Trinajstić information content (AvgIpc) is 2.29. The number of benzene rings is 1. The molecule has 0 bridgehead atoms. The number of carbonyl (C=O) groups excluding carboxylic acids is 1. The Kier molecular flexibility index (Phi) is 4.96. The highest BCUT2D eigenvalue weighted by atomic mass is 16.6. The van der Waals surface area contributed by atoms with Crippen LogP contribution in [-0.2, 0) is 4.79 Å². The van der Waals surface area contributed by atoms with Crippen LogP contribution >= 0.6 is 0 Å². The maximum atomic E-state index is 11.3. The highest BCUT2D eigenvalue weighted by Gasteiger charge is 2.20. The molecular weight excluding hydrogens is 226 g/mol. The average molecular weight is 239 g/mol. The lowest BCUT2D eigenvalue weighted by molar-refractivity contribution is -0.139. The van der Waals surface area contributed by atoms with Crippen LogP contribution in [0.2, 0.25) is 0 Å². The number of aliphatic hydroxyl groups excluding tert-OH is 1. The first kappa shape index (κ1) is 13.0. The molecule has 0 fully saturated rings. The van der Waals surface area contributed by atoms with E-state index in [1.54, 1.807) is 30.3 Å². The van der Waals surface area contributed by atoms with Crippen LogP contribution in [0.1, 0.15) is 6.42 Å². The van der Waals surface area contributed by atoms with Crippen molar-refractivity contribution >= 4 is 12.1 Å². The molecule has 0 unspecified atom stereocenters. The fraction of sp³-hybridized carbons (Fsp3) is 0.273. The number of amides is 1. The van der Waals surface area contributed by atoms with Crippen LogP contribution in [-0.4, -0.2) is 34.9 Å². The van der Waals surface area contributed by atoms with Crippen molar-refractivity contribution in [2.75, 3.05) is 6.61 Å². The normalized spacial score (nSPS) is 11.6. The third kappa shape index (κ3) is 4.52. The molecule has 6 nitrogen and oxygen atoms in total. The summed E-state index contributed by atoms with van der Waals surface area (Å²) in [6.45, 7) is -0.331. The topological polar surface area (TPSA) is 95.9 Å². The Morgan fingerprint density at radius 1 is 1.29 bits per heavy atom. The first-order valence-electron chi connectivity index (χ1n) is 5.00. The van der Waals surface area contributed by atoms with Gasteiger partial charge in [0.25, 0.3) is 0 Å². The number of ether oxygens (including phenoxy) is 1. The van der Waals surface area contributed by atoms with Crippen LogP contribution in [0, 0.1) is 0 Å².